The molecular formula is C20H21N3O5S2. The van der Waals surface area contributed by atoms with Crippen molar-refractivity contribution in [2.75, 3.05) is 36.9 Å². The minimum atomic E-state index is -3.66. The minimum absolute atomic E-state index is 0.105. The molecule has 2 aromatic carbocycles. The van der Waals surface area contributed by atoms with Gasteiger partial charge in [0, 0.05) is 29.2 Å². The first-order chi connectivity index (χ1) is 14.3. The molecule has 0 spiro atoms. The number of anilines is 2. The average Bonchev–Trinajstić information content (AvgIpc) is 2.75. The van der Waals surface area contributed by atoms with E-state index in [1.165, 1.54) is 28.2 Å². The van der Waals surface area contributed by atoms with Gasteiger partial charge in [-0.3, -0.25) is 9.59 Å². The highest BCUT2D eigenvalue weighted by atomic mass is 32.2. The van der Waals surface area contributed by atoms with Crippen LogP contribution < -0.4 is 10.6 Å². The van der Waals surface area contributed by atoms with E-state index >= 15 is 0 Å². The van der Waals surface area contributed by atoms with Gasteiger partial charge in [0.15, 0.2) is 0 Å². The zero-order valence-corrected chi connectivity index (χ0v) is 17.9. The van der Waals surface area contributed by atoms with Crippen molar-refractivity contribution in [1.82, 2.24) is 4.31 Å². The summed E-state index contributed by atoms with van der Waals surface area (Å²) in [5.74, 6) is -0.498. The molecule has 0 unspecified atom stereocenters. The van der Waals surface area contributed by atoms with Gasteiger partial charge in [-0.2, -0.15) is 4.31 Å². The predicted molar refractivity (Wildman–Crippen MR) is 114 cm³/mol. The van der Waals surface area contributed by atoms with Crippen LogP contribution in [0.15, 0.2) is 52.3 Å². The maximum atomic E-state index is 12.8. The molecule has 158 valence electrons. The van der Waals surface area contributed by atoms with Crippen molar-refractivity contribution in [3.63, 3.8) is 0 Å². The Morgan fingerprint density at radius 3 is 2.73 bits per heavy atom. The molecule has 1 atom stereocenters. The van der Waals surface area contributed by atoms with Gasteiger partial charge < -0.3 is 15.4 Å². The quantitative estimate of drug-likeness (QED) is 0.746. The summed E-state index contributed by atoms with van der Waals surface area (Å²) >= 11 is 1.44. The van der Waals surface area contributed by atoms with Gasteiger partial charge in [0.25, 0.3) is 5.91 Å². The first-order valence-corrected chi connectivity index (χ1v) is 11.8. The molecular weight excluding hydrogens is 426 g/mol. The number of nitrogens with zero attached hydrogens (tertiary/aromatic N) is 1. The molecule has 2 aromatic rings. The number of ether oxygens (including phenoxy) is 1. The van der Waals surface area contributed by atoms with Crippen LogP contribution >= 0.6 is 11.8 Å². The number of amides is 2. The van der Waals surface area contributed by atoms with E-state index in [1.807, 2.05) is 6.92 Å². The summed E-state index contributed by atoms with van der Waals surface area (Å²) in [7, 11) is -3.66. The molecule has 0 saturated carbocycles. The van der Waals surface area contributed by atoms with Crippen molar-refractivity contribution in [2.45, 2.75) is 22.0 Å². The lowest BCUT2D eigenvalue weighted by molar-refractivity contribution is -0.115. The number of hydrogen-bond donors (Lipinski definition) is 2. The smallest absolute Gasteiger partial charge is 0.255 e. The summed E-state index contributed by atoms with van der Waals surface area (Å²) in [6, 6.07) is 11.3. The molecule has 2 aliphatic rings. The van der Waals surface area contributed by atoms with Crippen molar-refractivity contribution in [3.05, 3.63) is 48.0 Å². The van der Waals surface area contributed by atoms with E-state index in [0.717, 1.165) is 4.90 Å². The second-order valence-corrected chi connectivity index (χ2v) is 10.3. The Morgan fingerprint density at radius 1 is 1.20 bits per heavy atom. The number of benzene rings is 2. The molecule has 2 aliphatic heterocycles. The Labute approximate surface area is 179 Å². The average molecular weight is 448 g/mol. The van der Waals surface area contributed by atoms with E-state index in [4.69, 9.17) is 4.74 Å². The molecule has 2 heterocycles. The summed E-state index contributed by atoms with van der Waals surface area (Å²) in [5, 5.41) is 5.35. The summed E-state index contributed by atoms with van der Waals surface area (Å²) in [5.41, 5.74) is 1.34. The molecule has 0 bridgehead atoms. The van der Waals surface area contributed by atoms with Crippen LogP contribution in [0.4, 0.5) is 11.4 Å². The van der Waals surface area contributed by atoms with E-state index in [2.05, 4.69) is 10.6 Å². The Bertz CT molecular complexity index is 1100. The third-order valence-electron chi connectivity index (χ3n) is 4.87. The van der Waals surface area contributed by atoms with Crippen LogP contribution in [-0.4, -0.2) is 56.1 Å². The van der Waals surface area contributed by atoms with E-state index < -0.39 is 15.9 Å². The van der Waals surface area contributed by atoms with Crippen LogP contribution in [0.1, 0.15) is 17.3 Å². The highest BCUT2D eigenvalue weighted by Crippen LogP contribution is 2.36. The number of morpholine rings is 1. The summed E-state index contributed by atoms with van der Waals surface area (Å²) in [6.45, 7) is 3.15. The van der Waals surface area contributed by atoms with Crippen LogP contribution in [0.5, 0.6) is 0 Å². The normalized spacial score (nSPS) is 19.6. The second kappa shape index (κ2) is 8.38. The SMILES string of the molecule is C[C@H]1Sc2ccc(C(=O)Nc3cccc(S(=O)(=O)N4CCOCC4)c3)cc2NC1=O. The molecule has 0 radical (unpaired) electrons. The van der Waals surface area contributed by atoms with E-state index in [9.17, 15) is 18.0 Å². The molecule has 0 aromatic heterocycles. The van der Waals surface area contributed by atoms with Crippen LogP contribution in [0.3, 0.4) is 0 Å². The van der Waals surface area contributed by atoms with Crippen molar-refractivity contribution < 1.29 is 22.7 Å². The highest BCUT2D eigenvalue weighted by Gasteiger charge is 2.27. The maximum absolute atomic E-state index is 12.8. The molecule has 10 heteroatoms. The summed E-state index contributed by atoms with van der Waals surface area (Å²) in [6.07, 6.45) is 0. The third-order valence-corrected chi connectivity index (χ3v) is 7.94. The number of carbonyl (C=O) groups excluding carboxylic acids is 2. The Morgan fingerprint density at radius 2 is 1.97 bits per heavy atom. The number of sulfonamides is 1. The number of carbonyl (C=O) groups is 2. The van der Waals surface area contributed by atoms with Crippen molar-refractivity contribution >= 4 is 45.0 Å². The second-order valence-electron chi connectivity index (χ2n) is 6.96. The number of nitrogens with one attached hydrogen (secondary N) is 2. The van der Waals surface area contributed by atoms with Gasteiger partial charge in [0.1, 0.15) is 0 Å². The van der Waals surface area contributed by atoms with Gasteiger partial charge in [0.05, 0.1) is 29.0 Å². The summed E-state index contributed by atoms with van der Waals surface area (Å²) < 4.78 is 32.3. The minimum Gasteiger partial charge on any atom is -0.379 e. The van der Waals surface area contributed by atoms with Gasteiger partial charge >= 0.3 is 0 Å². The van der Waals surface area contributed by atoms with Gasteiger partial charge in [-0.15, -0.1) is 11.8 Å². The fraction of sp³-hybridized carbons (Fsp3) is 0.300. The van der Waals surface area contributed by atoms with Crippen molar-refractivity contribution in [1.29, 1.82) is 0 Å². The lowest BCUT2D eigenvalue weighted by Crippen LogP contribution is -2.40. The molecule has 2 N–H and O–H groups in total. The van der Waals surface area contributed by atoms with Gasteiger partial charge in [-0.25, -0.2) is 8.42 Å². The van der Waals surface area contributed by atoms with Crippen LogP contribution in [0.2, 0.25) is 0 Å². The van der Waals surface area contributed by atoms with Crippen LogP contribution in [0, 0.1) is 0 Å². The maximum Gasteiger partial charge on any atom is 0.255 e. The lowest BCUT2D eigenvalue weighted by atomic mass is 10.1. The van der Waals surface area contributed by atoms with Gasteiger partial charge in [0.2, 0.25) is 15.9 Å². The molecule has 0 aliphatic carbocycles. The Hall–Kier alpha value is -2.40. The van der Waals surface area contributed by atoms with E-state index in [-0.39, 0.29) is 16.1 Å². The van der Waals surface area contributed by atoms with Crippen LogP contribution in [0.25, 0.3) is 0 Å². The largest absolute Gasteiger partial charge is 0.379 e. The third kappa shape index (κ3) is 4.22. The van der Waals surface area contributed by atoms with E-state index in [0.29, 0.717) is 43.2 Å². The monoisotopic (exact) mass is 447 g/mol. The molecule has 30 heavy (non-hydrogen) atoms. The lowest BCUT2D eigenvalue weighted by Gasteiger charge is -2.26. The Kier molecular flexibility index (Phi) is 5.83. The fourth-order valence-electron chi connectivity index (χ4n) is 3.22. The number of rotatable bonds is 4. The molecule has 2 amide bonds. The molecule has 1 fully saturated rings. The van der Waals surface area contributed by atoms with Crippen molar-refractivity contribution in [3.8, 4) is 0 Å². The first-order valence-electron chi connectivity index (χ1n) is 9.45. The first kappa shape index (κ1) is 20.9. The number of fused-ring (bicyclic) bond motifs is 1. The zero-order valence-electron chi connectivity index (χ0n) is 16.3. The van der Waals surface area contributed by atoms with Gasteiger partial charge in [-0.05, 0) is 43.3 Å². The Balaban J connectivity index is 1.52. The zero-order chi connectivity index (χ0) is 21.3. The topological polar surface area (TPSA) is 105 Å². The number of hydrogen-bond acceptors (Lipinski definition) is 6. The molecule has 8 nitrogen and oxygen atoms in total. The number of thioether (sulfide) groups is 1. The molecule has 1 saturated heterocycles. The molecule has 4 rings (SSSR count). The highest BCUT2D eigenvalue weighted by molar-refractivity contribution is 8.01. The van der Waals surface area contributed by atoms with Crippen LogP contribution in [-0.2, 0) is 19.6 Å². The van der Waals surface area contributed by atoms with Gasteiger partial charge in [-0.1, -0.05) is 6.07 Å². The fourth-order valence-corrected chi connectivity index (χ4v) is 5.61. The standard InChI is InChI=1S/C20H21N3O5S2/c1-13-19(24)22-17-11-14(5-6-18(17)29-13)20(25)21-15-3-2-4-16(12-15)30(26,27)23-7-9-28-10-8-23/h2-6,11-13H,7-10H2,1H3,(H,21,25)(H,22,24)/t13-/m1/s1. The van der Waals surface area contributed by atoms with E-state index in [1.54, 1.807) is 30.3 Å². The predicted octanol–water partition coefficient (Wildman–Crippen LogP) is 2.39. The summed E-state index contributed by atoms with van der Waals surface area (Å²) in [4.78, 5) is 25.6. The van der Waals surface area contributed by atoms with Crippen molar-refractivity contribution in [2.24, 2.45) is 0 Å².